The number of aromatic amines is 1. The molecule has 1 aromatic heterocycles. The first-order chi connectivity index (χ1) is 8.02. The number of carbonyl (C=O) groups excluding carboxylic acids is 2. The molecule has 0 aromatic carbocycles. The minimum Gasteiger partial charge on any atom is -0.370 e. The number of H-pyrrole nitrogens is 1. The number of primary amides is 1. The SMILES string of the molecule is CCCc1nc(C(=O)NC(C)CC(N)=O)n[nH]1. The van der Waals surface area contributed by atoms with Crippen molar-refractivity contribution in [2.45, 2.75) is 39.2 Å². The van der Waals surface area contributed by atoms with Gasteiger partial charge in [0.05, 0.1) is 0 Å². The molecule has 1 heterocycles. The van der Waals surface area contributed by atoms with Gasteiger partial charge in [-0.3, -0.25) is 14.7 Å². The van der Waals surface area contributed by atoms with E-state index in [1.807, 2.05) is 6.92 Å². The Morgan fingerprint density at radius 3 is 2.82 bits per heavy atom. The lowest BCUT2D eigenvalue weighted by Crippen LogP contribution is -2.36. The molecule has 1 atom stereocenters. The summed E-state index contributed by atoms with van der Waals surface area (Å²) in [6.07, 6.45) is 1.77. The van der Waals surface area contributed by atoms with E-state index in [-0.39, 0.29) is 18.3 Å². The van der Waals surface area contributed by atoms with Gasteiger partial charge in [-0.1, -0.05) is 6.92 Å². The number of hydrogen-bond acceptors (Lipinski definition) is 4. The smallest absolute Gasteiger partial charge is 0.291 e. The van der Waals surface area contributed by atoms with Crippen molar-refractivity contribution in [2.75, 3.05) is 0 Å². The van der Waals surface area contributed by atoms with E-state index in [1.165, 1.54) is 0 Å². The van der Waals surface area contributed by atoms with Gasteiger partial charge in [-0.05, 0) is 13.3 Å². The highest BCUT2D eigenvalue weighted by Gasteiger charge is 2.15. The van der Waals surface area contributed by atoms with Gasteiger partial charge in [-0.2, -0.15) is 0 Å². The maximum atomic E-state index is 11.6. The Hall–Kier alpha value is -1.92. The van der Waals surface area contributed by atoms with E-state index >= 15 is 0 Å². The van der Waals surface area contributed by atoms with Crippen LogP contribution in [0.2, 0.25) is 0 Å². The van der Waals surface area contributed by atoms with Gasteiger partial charge >= 0.3 is 0 Å². The van der Waals surface area contributed by atoms with Crippen molar-refractivity contribution in [2.24, 2.45) is 5.73 Å². The first-order valence-electron chi connectivity index (χ1n) is 5.53. The number of aromatic nitrogens is 3. The third-order valence-electron chi connectivity index (χ3n) is 2.11. The van der Waals surface area contributed by atoms with Gasteiger partial charge in [0, 0.05) is 18.9 Å². The average molecular weight is 239 g/mol. The van der Waals surface area contributed by atoms with Gasteiger partial charge in [0.1, 0.15) is 5.82 Å². The van der Waals surface area contributed by atoms with Crippen LogP contribution < -0.4 is 11.1 Å². The Labute approximate surface area is 99.2 Å². The van der Waals surface area contributed by atoms with E-state index in [1.54, 1.807) is 6.92 Å². The average Bonchev–Trinajstić information content (AvgIpc) is 2.65. The van der Waals surface area contributed by atoms with E-state index in [9.17, 15) is 9.59 Å². The molecule has 1 unspecified atom stereocenters. The molecule has 0 saturated heterocycles. The highest BCUT2D eigenvalue weighted by atomic mass is 16.2. The topological polar surface area (TPSA) is 114 Å². The van der Waals surface area contributed by atoms with E-state index in [2.05, 4.69) is 20.5 Å². The van der Waals surface area contributed by atoms with Gasteiger partial charge in [0.2, 0.25) is 11.7 Å². The number of aryl methyl sites for hydroxylation is 1. The van der Waals surface area contributed by atoms with Crippen LogP contribution in [0.3, 0.4) is 0 Å². The van der Waals surface area contributed by atoms with Crippen LogP contribution in [0.1, 0.15) is 43.1 Å². The van der Waals surface area contributed by atoms with Crippen LogP contribution in [0, 0.1) is 0 Å². The van der Waals surface area contributed by atoms with Crippen molar-refractivity contribution >= 4 is 11.8 Å². The van der Waals surface area contributed by atoms with E-state index < -0.39 is 11.8 Å². The molecule has 94 valence electrons. The van der Waals surface area contributed by atoms with Crippen LogP contribution in [-0.2, 0) is 11.2 Å². The summed E-state index contributed by atoms with van der Waals surface area (Å²) in [6.45, 7) is 3.71. The standard InChI is InChI=1S/C10H17N5O2/c1-3-4-8-13-9(15-14-8)10(17)12-6(2)5-7(11)16/h6H,3-5H2,1-2H3,(H2,11,16)(H,12,17)(H,13,14,15). The minimum atomic E-state index is -0.459. The van der Waals surface area contributed by atoms with Crippen molar-refractivity contribution in [3.8, 4) is 0 Å². The summed E-state index contributed by atoms with van der Waals surface area (Å²) in [4.78, 5) is 26.3. The minimum absolute atomic E-state index is 0.0878. The van der Waals surface area contributed by atoms with Gasteiger partial charge < -0.3 is 11.1 Å². The predicted octanol–water partition coefficient (Wildman–Crippen LogP) is -0.249. The van der Waals surface area contributed by atoms with Crippen molar-refractivity contribution in [1.82, 2.24) is 20.5 Å². The normalized spacial score (nSPS) is 12.1. The first-order valence-corrected chi connectivity index (χ1v) is 5.53. The molecular formula is C10H17N5O2. The Balaban J connectivity index is 2.54. The lowest BCUT2D eigenvalue weighted by Gasteiger charge is -2.09. The van der Waals surface area contributed by atoms with E-state index in [0.717, 1.165) is 12.8 Å². The fourth-order valence-corrected chi connectivity index (χ4v) is 1.39. The second-order valence-electron chi connectivity index (χ2n) is 3.90. The molecule has 0 radical (unpaired) electrons. The molecule has 4 N–H and O–H groups in total. The summed E-state index contributed by atoms with van der Waals surface area (Å²) in [5, 5.41) is 9.09. The third kappa shape index (κ3) is 4.21. The quantitative estimate of drug-likeness (QED) is 0.635. The van der Waals surface area contributed by atoms with Gasteiger partial charge in [-0.25, -0.2) is 4.98 Å². The number of hydrogen-bond donors (Lipinski definition) is 3. The van der Waals surface area contributed by atoms with Crippen LogP contribution in [-0.4, -0.2) is 33.0 Å². The molecule has 0 spiro atoms. The highest BCUT2D eigenvalue weighted by Crippen LogP contribution is 1.98. The second-order valence-corrected chi connectivity index (χ2v) is 3.90. The molecule has 17 heavy (non-hydrogen) atoms. The number of amides is 2. The number of nitrogens with two attached hydrogens (primary N) is 1. The van der Waals surface area contributed by atoms with E-state index in [4.69, 9.17) is 5.73 Å². The zero-order valence-electron chi connectivity index (χ0n) is 9.99. The Morgan fingerprint density at radius 1 is 1.53 bits per heavy atom. The second kappa shape index (κ2) is 5.97. The van der Waals surface area contributed by atoms with Crippen LogP contribution >= 0.6 is 0 Å². The fraction of sp³-hybridized carbons (Fsp3) is 0.600. The monoisotopic (exact) mass is 239 g/mol. The summed E-state index contributed by atoms with van der Waals surface area (Å²) in [5.74, 6) is -0.0956. The Morgan fingerprint density at radius 2 is 2.24 bits per heavy atom. The van der Waals surface area contributed by atoms with Crippen molar-refractivity contribution in [1.29, 1.82) is 0 Å². The number of nitrogens with one attached hydrogen (secondary N) is 2. The van der Waals surface area contributed by atoms with Crippen molar-refractivity contribution < 1.29 is 9.59 Å². The molecule has 0 bridgehead atoms. The number of rotatable bonds is 6. The maximum absolute atomic E-state index is 11.6. The van der Waals surface area contributed by atoms with Gasteiger partial charge in [0.25, 0.3) is 5.91 Å². The predicted molar refractivity (Wildman–Crippen MR) is 61.1 cm³/mol. The molecule has 7 heteroatoms. The molecule has 2 amide bonds. The molecule has 1 rings (SSSR count). The van der Waals surface area contributed by atoms with Crippen molar-refractivity contribution in [3.63, 3.8) is 0 Å². The van der Waals surface area contributed by atoms with Crippen LogP contribution in [0.25, 0.3) is 0 Å². The molecule has 1 aromatic rings. The van der Waals surface area contributed by atoms with Crippen LogP contribution in [0.4, 0.5) is 0 Å². The van der Waals surface area contributed by atoms with Crippen molar-refractivity contribution in [3.05, 3.63) is 11.6 Å². The summed E-state index contributed by atoms with van der Waals surface area (Å²) in [5.41, 5.74) is 5.02. The molecular weight excluding hydrogens is 222 g/mol. The lowest BCUT2D eigenvalue weighted by atomic mass is 10.2. The molecule has 0 saturated carbocycles. The molecule has 0 aliphatic rings. The summed E-state index contributed by atoms with van der Waals surface area (Å²) in [6, 6.07) is -0.326. The highest BCUT2D eigenvalue weighted by molar-refractivity contribution is 5.90. The third-order valence-corrected chi connectivity index (χ3v) is 2.11. The summed E-state index contributed by atoms with van der Waals surface area (Å²) < 4.78 is 0. The summed E-state index contributed by atoms with van der Waals surface area (Å²) >= 11 is 0. The molecule has 0 aliphatic carbocycles. The van der Waals surface area contributed by atoms with E-state index in [0.29, 0.717) is 5.82 Å². The van der Waals surface area contributed by atoms with Gasteiger partial charge in [0.15, 0.2) is 0 Å². The Kier molecular flexibility index (Phi) is 4.62. The lowest BCUT2D eigenvalue weighted by molar-refractivity contribution is -0.118. The van der Waals surface area contributed by atoms with Gasteiger partial charge in [-0.15, -0.1) is 5.10 Å². The number of nitrogens with zero attached hydrogens (tertiary/aromatic N) is 2. The number of carbonyl (C=O) groups is 2. The zero-order chi connectivity index (χ0) is 12.8. The zero-order valence-corrected chi connectivity index (χ0v) is 9.99. The molecule has 0 aliphatic heterocycles. The largest absolute Gasteiger partial charge is 0.370 e. The fourth-order valence-electron chi connectivity index (χ4n) is 1.39. The first kappa shape index (κ1) is 13.1. The summed E-state index contributed by atoms with van der Waals surface area (Å²) in [7, 11) is 0. The molecule has 7 nitrogen and oxygen atoms in total. The maximum Gasteiger partial charge on any atom is 0.291 e. The van der Waals surface area contributed by atoms with Crippen LogP contribution in [0.5, 0.6) is 0 Å². The van der Waals surface area contributed by atoms with Crippen LogP contribution in [0.15, 0.2) is 0 Å². The Bertz CT molecular complexity index is 401. The molecule has 0 fully saturated rings.